The lowest BCUT2D eigenvalue weighted by molar-refractivity contribution is -0.134. The van der Waals surface area contributed by atoms with Crippen molar-refractivity contribution in [3.8, 4) is 0 Å². The molecule has 1 aliphatic heterocycles. The van der Waals surface area contributed by atoms with Gasteiger partial charge < -0.3 is 9.80 Å². The van der Waals surface area contributed by atoms with Gasteiger partial charge in [0.05, 0.1) is 12.2 Å². The zero-order chi connectivity index (χ0) is 18.1. The Balaban J connectivity index is 1.54. The maximum absolute atomic E-state index is 12.8. The summed E-state index contributed by atoms with van der Waals surface area (Å²) in [5.74, 6) is 0.969. The Hall–Kier alpha value is -1.95. The Kier molecular flexibility index (Phi) is 4.94. The number of rotatable bonds is 5. The molecule has 0 N–H and O–H groups in total. The van der Waals surface area contributed by atoms with E-state index < -0.39 is 0 Å². The van der Waals surface area contributed by atoms with Gasteiger partial charge in [-0.3, -0.25) is 4.79 Å². The molecule has 1 saturated heterocycles. The number of pyridine rings is 1. The van der Waals surface area contributed by atoms with E-state index in [4.69, 9.17) is 5.10 Å². The summed E-state index contributed by atoms with van der Waals surface area (Å²) >= 11 is 0. The standard InChI is InChI=1S/C20H29N5O/c1-23(2)12-13-25-19-17(8-5-10-21-19)18(22-25)16-9-11-24(14-16)20(26)15-6-3-4-7-15/h5,8,10,15-16H,3-4,6-7,9,11-14H2,1-2H3/t16-/m1/s1. The van der Waals surface area contributed by atoms with Crippen molar-refractivity contribution in [3.05, 3.63) is 24.0 Å². The van der Waals surface area contributed by atoms with Crippen LogP contribution >= 0.6 is 0 Å². The molecule has 0 unspecified atom stereocenters. The van der Waals surface area contributed by atoms with E-state index in [0.29, 0.717) is 11.8 Å². The van der Waals surface area contributed by atoms with Crippen LogP contribution in [0.25, 0.3) is 11.0 Å². The lowest BCUT2D eigenvalue weighted by Crippen LogP contribution is -2.33. The van der Waals surface area contributed by atoms with Crippen molar-refractivity contribution in [2.24, 2.45) is 5.92 Å². The van der Waals surface area contributed by atoms with Crippen LogP contribution < -0.4 is 0 Å². The number of amides is 1. The normalized spacial score (nSPS) is 21.3. The van der Waals surface area contributed by atoms with Crippen molar-refractivity contribution in [1.82, 2.24) is 24.6 Å². The molecule has 2 fully saturated rings. The van der Waals surface area contributed by atoms with Gasteiger partial charge in [-0.25, -0.2) is 9.67 Å². The average Bonchev–Trinajstić information content (AvgIpc) is 3.38. The van der Waals surface area contributed by atoms with Crippen LogP contribution in [0, 0.1) is 5.92 Å². The molecule has 0 radical (unpaired) electrons. The van der Waals surface area contributed by atoms with Gasteiger partial charge in [-0.1, -0.05) is 12.8 Å². The Morgan fingerprint density at radius 3 is 2.85 bits per heavy atom. The lowest BCUT2D eigenvalue weighted by Gasteiger charge is -2.20. The smallest absolute Gasteiger partial charge is 0.225 e. The molecule has 4 rings (SSSR count). The van der Waals surface area contributed by atoms with E-state index in [-0.39, 0.29) is 5.92 Å². The molecule has 1 aliphatic carbocycles. The number of aromatic nitrogens is 3. The fraction of sp³-hybridized carbons (Fsp3) is 0.650. The van der Waals surface area contributed by atoms with E-state index in [1.54, 1.807) is 0 Å². The Morgan fingerprint density at radius 2 is 2.08 bits per heavy atom. The number of hydrogen-bond donors (Lipinski definition) is 0. The molecule has 1 atom stereocenters. The Labute approximate surface area is 155 Å². The van der Waals surface area contributed by atoms with Gasteiger partial charge in [-0.05, 0) is 45.5 Å². The molecule has 6 nitrogen and oxygen atoms in total. The van der Waals surface area contributed by atoms with Crippen LogP contribution in [-0.2, 0) is 11.3 Å². The molecule has 0 aromatic carbocycles. The molecule has 0 bridgehead atoms. The summed E-state index contributed by atoms with van der Waals surface area (Å²) in [5.41, 5.74) is 2.08. The molecule has 2 aliphatic rings. The van der Waals surface area contributed by atoms with Gasteiger partial charge in [0.2, 0.25) is 5.91 Å². The number of nitrogens with zero attached hydrogens (tertiary/aromatic N) is 5. The van der Waals surface area contributed by atoms with Crippen LogP contribution in [0.1, 0.15) is 43.7 Å². The third-order valence-corrected chi connectivity index (χ3v) is 5.89. The van der Waals surface area contributed by atoms with Crippen molar-refractivity contribution >= 4 is 16.9 Å². The highest BCUT2D eigenvalue weighted by atomic mass is 16.2. The van der Waals surface area contributed by atoms with Crippen LogP contribution in [-0.4, -0.2) is 64.2 Å². The first kappa shape index (κ1) is 17.5. The molecule has 2 aromatic rings. The molecule has 140 valence electrons. The summed E-state index contributed by atoms with van der Waals surface area (Å²) in [6.07, 6.45) is 7.41. The van der Waals surface area contributed by atoms with Crippen molar-refractivity contribution in [2.45, 2.75) is 44.6 Å². The summed E-state index contributed by atoms with van der Waals surface area (Å²) in [6.45, 7) is 3.44. The summed E-state index contributed by atoms with van der Waals surface area (Å²) in [6, 6.07) is 4.11. The van der Waals surface area contributed by atoms with Crippen molar-refractivity contribution in [2.75, 3.05) is 33.7 Å². The molecule has 6 heteroatoms. The number of carbonyl (C=O) groups is 1. The van der Waals surface area contributed by atoms with E-state index in [1.165, 1.54) is 12.8 Å². The van der Waals surface area contributed by atoms with Crippen LogP contribution in [0.4, 0.5) is 0 Å². The van der Waals surface area contributed by atoms with Gasteiger partial charge in [0.15, 0.2) is 5.65 Å². The van der Waals surface area contributed by atoms with E-state index in [2.05, 4.69) is 34.9 Å². The van der Waals surface area contributed by atoms with Crippen LogP contribution in [0.3, 0.4) is 0 Å². The fourth-order valence-electron chi connectivity index (χ4n) is 4.40. The summed E-state index contributed by atoms with van der Waals surface area (Å²) < 4.78 is 2.03. The van der Waals surface area contributed by atoms with Gasteiger partial charge in [0, 0.05) is 43.1 Å². The van der Waals surface area contributed by atoms with E-state index in [1.807, 2.05) is 16.9 Å². The summed E-state index contributed by atoms with van der Waals surface area (Å²) in [5, 5.41) is 6.07. The topological polar surface area (TPSA) is 54.3 Å². The monoisotopic (exact) mass is 355 g/mol. The largest absolute Gasteiger partial charge is 0.342 e. The third-order valence-electron chi connectivity index (χ3n) is 5.89. The summed E-state index contributed by atoms with van der Waals surface area (Å²) in [7, 11) is 4.15. The number of likely N-dealkylation sites (tertiary alicyclic amines) is 1. The van der Waals surface area contributed by atoms with Gasteiger partial charge in [-0.15, -0.1) is 0 Å². The number of fused-ring (bicyclic) bond motifs is 1. The number of carbonyl (C=O) groups excluding carboxylic acids is 1. The molecular formula is C20H29N5O. The molecule has 2 aromatic heterocycles. The van der Waals surface area contributed by atoms with Crippen molar-refractivity contribution < 1.29 is 4.79 Å². The fourth-order valence-corrected chi connectivity index (χ4v) is 4.40. The lowest BCUT2D eigenvalue weighted by atomic mass is 10.0. The number of likely N-dealkylation sites (N-methyl/N-ethyl adjacent to an activating group) is 1. The minimum atomic E-state index is 0.268. The second-order valence-corrected chi connectivity index (χ2v) is 8.04. The SMILES string of the molecule is CN(C)CCn1nc([C@@H]2CCN(C(=O)C3CCCC3)C2)c2cccnc21. The first-order valence-corrected chi connectivity index (χ1v) is 9.88. The molecule has 1 saturated carbocycles. The highest BCUT2D eigenvalue weighted by Crippen LogP contribution is 2.34. The Morgan fingerprint density at radius 1 is 1.27 bits per heavy atom. The first-order valence-electron chi connectivity index (χ1n) is 9.88. The average molecular weight is 355 g/mol. The molecule has 3 heterocycles. The maximum Gasteiger partial charge on any atom is 0.225 e. The van der Waals surface area contributed by atoms with E-state index >= 15 is 0 Å². The highest BCUT2D eigenvalue weighted by molar-refractivity contribution is 5.81. The first-order chi connectivity index (χ1) is 12.6. The van der Waals surface area contributed by atoms with Gasteiger partial charge in [-0.2, -0.15) is 5.10 Å². The maximum atomic E-state index is 12.8. The zero-order valence-corrected chi connectivity index (χ0v) is 15.9. The van der Waals surface area contributed by atoms with Gasteiger partial charge in [0.1, 0.15) is 0 Å². The predicted octanol–water partition coefficient (Wildman–Crippen LogP) is 2.50. The van der Waals surface area contributed by atoms with Crippen molar-refractivity contribution in [1.29, 1.82) is 0 Å². The minimum Gasteiger partial charge on any atom is -0.342 e. The minimum absolute atomic E-state index is 0.268. The quantitative estimate of drug-likeness (QED) is 0.827. The van der Waals surface area contributed by atoms with Gasteiger partial charge >= 0.3 is 0 Å². The number of hydrogen-bond acceptors (Lipinski definition) is 4. The van der Waals surface area contributed by atoms with Crippen LogP contribution in [0.2, 0.25) is 0 Å². The summed E-state index contributed by atoms with van der Waals surface area (Å²) in [4.78, 5) is 21.6. The Bertz CT molecular complexity index is 778. The molecular weight excluding hydrogens is 326 g/mol. The van der Waals surface area contributed by atoms with E-state index in [0.717, 1.165) is 62.2 Å². The highest BCUT2D eigenvalue weighted by Gasteiger charge is 2.34. The molecule has 0 spiro atoms. The third kappa shape index (κ3) is 3.34. The predicted molar refractivity (Wildman–Crippen MR) is 102 cm³/mol. The van der Waals surface area contributed by atoms with E-state index in [9.17, 15) is 4.79 Å². The second kappa shape index (κ2) is 7.35. The second-order valence-electron chi connectivity index (χ2n) is 8.04. The van der Waals surface area contributed by atoms with Crippen molar-refractivity contribution in [3.63, 3.8) is 0 Å². The van der Waals surface area contributed by atoms with Crippen LogP contribution in [0.15, 0.2) is 18.3 Å². The zero-order valence-electron chi connectivity index (χ0n) is 15.9. The molecule has 26 heavy (non-hydrogen) atoms. The van der Waals surface area contributed by atoms with Crippen LogP contribution in [0.5, 0.6) is 0 Å². The van der Waals surface area contributed by atoms with Gasteiger partial charge in [0.25, 0.3) is 0 Å². The molecule has 1 amide bonds.